The van der Waals surface area contributed by atoms with Gasteiger partial charge in [-0.2, -0.15) is 0 Å². The highest BCUT2D eigenvalue weighted by Crippen LogP contribution is 2.60. The lowest BCUT2D eigenvalue weighted by Gasteiger charge is -2.55. The van der Waals surface area contributed by atoms with Crippen molar-refractivity contribution < 1.29 is 19.1 Å². The Labute approximate surface area is 191 Å². The highest BCUT2D eigenvalue weighted by atomic mass is 79.9. The van der Waals surface area contributed by atoms with Gasteiger partial charge in [-0.15, -0.1) is 0 Å². The van der Waals surface area contributed by atoms with Crippen LogP contribution in [0.15, 0.2) is 28.7 Å². The first-order valence-electron chi connectivity index (χ1n) is 11.1. The zero-order chi connectivity index (χ0) is 22.0. The van der Waals surface area contributed by atoms with Crippen molar-refractivity contribution >= 4 is 33.7 Å². The third-order valence-corrected chi connectivity index (χ3v) is 7.45. The zero-order valence-electron chi connectivity index (χ0n) is 17.8. The molecule has 0 radical (unpaired) electrons. The lowest BCUT2D eigenvalue weighted by Crippen LogP contribution is -2.54. The Hall–Kier alpha value is -2.09. The topological polar surface area (TPSA) is 96.5 Å². The maximum absolute atomic E-state index is 12.9. The van der Waals surface area contributed by atoms with Gasteiger partial charge in [-0.1, -0.05) is 22.0 Å². The molecule has 1 aromatic rings. The molecule has 31 heavy (non-hydrogen) atoms. The van der Waals surface area contributed by atoms with Gasteiger partial charge in [0.2, 0.25) is 11.8 Å². The van der Waals surface area contributed by atoms with Gasteiger partial charge < -0.3 is 10.1 Å². The van der Waals surface area contributed by atoms with Crippen molar-refractivity contribution in [2.75, 3.05) is 6.54 Å². The predicted molar refractivity (Wildman–Crippen MR) is 119 cm³/mol. The van der Waals surface area contributed by atoms with Crippen molar-refractivity contribution in [3.63, 3.8) is 0 Å². The second-order valence-corrected chi connectivity index (χ2v) is 10.4. The van der Waals surface area contributed by atoms with E-state index in [-0.39, 0.29) is 30.2 Å². The molecule has 0 heterocycles. The number of ether oxygens (including phenoxy) is 1. The standard InChI is InChI=1S/C23H30BrN3O4/c1-14(31-19-4-2-3-18(24)10-19)21(29)27-26-20(28)5-6-25-22(30)23-11-15-7-16(12-23)9-17(8-15)13-23/h2-4,10,14-17H,5-9,11-13H2,1H3,(H,25,30)(H,26,28)(H,27,29). The number of hydrazine groups is 1. The smallest absolute Gasteiger partial charge is 0.279 e. The number of nitrogens with one attached hydrogen (secondary N) is 3. The average Bonchev–Trinajstić information content (AvgIpc) is 2.71. The molecule has 1 atom stereocenters. The van der Waals surface area contributed by atoms with E-state index >= 15 is 0 Å². The van der Waals surface area contributed by atoms with Gasteiger partial charge in [0.05, 0.1) is 0 Å². The van der Waals surface area contributed by atoms with E-state index in [1.807, 2.05) is 12.1 Å². The molecule has 4 aliphatic carbocycles. The Morgan fingerprint density at radius 2 is 1.74 bits per heavy atom. The molecule has 0 saturated heterocycles. The molecule has 4 fully saturated rings. The lowest BCUT2D eigenvalue weighted by atomic mass is 9.49. The number of carbonyl (C=O) groups is 3. The third kappa shape index (κ3) is 5.22. The highest BCUT2D eigenvalue weighted by molar-refractivity contribution is 9.10. The highest BCUT2D eigenvalue weighted by Gasteiger charge is 2.54. The Morgan fingerprint density at radius 3 is 2.35 bits per heavy atom. The number of carbonyl (C=O) groups excluding carboxylic acids is 3. The number of hydrogen-bond acceptors (Lipinski definition) is 4. The summed E-state index contributed by atoms with van der Waals surface area (Å²) >= 11 is 3.35. The minimum atomic E-state index is -0.773. The molecule has 7 nitrogen and oxygen atoms in total. The Balaban J connectivity index is 1.16. The fourth-order valence-corrected chi connectivity index (χ4v) is 6.34. The summed E-state index contributed by atoms with van der Waals surface area (Å²) in [4.78, 5) is 37.1. The Bertz CT molecular complexity index is 824. The van der Waals surface area contributed by atoms with Gasteiger partial charge in [0.25, 0.3) is 5.91 Å². The van der Waals surface area contributed by atoms with Crippen LogP contribution in [0.1, 0.15) is 51.9 Å². The molecule has 5 rings (SSSR count). The van der Waals surface area contributed by atoms with E-state index in [2.05, 4.69) is 32.1 Å². The van der Waals surface area contributed by atoms with E-state index in [1.165, 1.54) is 19.3 Å². The van der Waals surface area contributed by atoms with Crippen LogP contribution in [0.25, 0.3) is 0 Å². The van der Waals surface area contributed by atoms with Gasteiger partial charge in [0.1, 0.15) is 5.75 Å². The summed E-state index contributed by atoms with van der Waals surface area (Å²) in [6, 6.07) is 7.18. The van der Waals surface area contributed by atoms with Crippen LogP contribution >= 0.6 is 15.9 Å². The lowest BCUT2D eigenvalue weighted by molar-refractivity contribution is -0.146. The summed E-state index contributed by atoms with van der Waals surface area (Å²) in [6.07, 6.45) is 6.22. The van der Waals surface area contributed by atoms with Crippen LogP contribution in [0.4, 0.5) is 0 Å². The van der Waals surface area contributed by atoms with E-state index in [1.54, 1.807) is 19.1 Å². The molecule has 8 heteroatoms. The molecular weight excluding hydrogens is 462 g/mol. The molecule has 4 saturated carbocycles. The predicted octanol–water partition coefficient (Wildman–Crippen LogP) is 3.09. The molecule has 0 aromatic heterocycles. The maximum atomic E-state index is 12.9. The van der Waals surface area contributed by atoms with Crippen LogP contribution in [0.5, 0.6) is 5.75 Å². The number of hydrogen-bond donors (Lipinski definition) is 3. The van der Waals surface area contributed by atoms with Crippen LogP contribution in [0.3, 0.4) is 0 Å². The second kappa shape index (κ2) is 9.18. The maximum Gasteiger partial charge on any atom is 0.279 e. The summed E-state index contributed by atoms with van der Waals surface area (Å²) in [5.41, 5.74) is 4.56. The molecule has 3 amide bonds. The van der Waals surface area contributed by atoms with Crippen LogP contribution < -0.4 is 20.9 Å². The first-order chi connectivity index (χ1) is 14.8. The van der Waals surface area contributed by atoms with Crippen molar-refractivity contribution in [1.82, 2.24) is 16.2 Å². The summed E-state index contributed by atoms with van der Waals surface area (Å²) in [7, 11) is 0. The van der Waals surface area contributed by atoms with Crippen molar-refractivity contribution in [2.24, 2.45) is 23.2 Å². The van der Waals surface area contributed by atoms with E-state index in [0.717, 1.165) is 23.7 Å². The number of rotatable bonds is 7. The van der Waals surface area contributed by atoms with Crippen molar-refractivity contribution in [3.8, 4) is 5.75 Å². The van der Waals surface area contributed by atoms with E-state index in [9.17, 15) is 14.4 Å². The van der Waals surface area contributed by atoms with Crippen LogP contribution in [0.2, 0.25) is 0 Å². The van der Waals surface area contributed by atoms with Gasteiger partial charge in [-0.3, -0.25) is 25.2 Å². The van der Waals surface area contributed by atoms with Crippen molar-refractivity contribution in [3.05, 3.63) is 28.7 Å². The minimum Gasteiger partial charge on any atom is -0.481 e. The number of amides is 3. The van der Waals surface area contributed by atoms with Gasteiger partial charge in [-0.05, 0) is 81.4 Å². The van der Waals surface area contributed by atoms with Crippen LogP contribution in [-0.2, 0) is 14.4 Å². The molecule has 1 aromatic carbocycles. The second-order valence-electron chi connectivity index (χ2n) is 9.46. The van der Waals surface area contributed by atoms with E-state index in [0.29, 0.717) is 23.5 Å². The number of halogens is 1. The summed E-state index contributed by atoms with van der Waals surface area (Å²) < 4.78 is 6.42. The summed E-state index contributed by atoms with van der Waals surface area (Å²) in [5, 5.41) is 2.98. The Kier molecular flexibility index (Phi) is 6.55. The van der Waals surface area contributed by atoms with E-state index in [4.69, 9.17) is 4.74 Å². The molecular formula is C23H30BrN3O4. The number of benzene rings is 1. The molecule has 0 spiro atoms. The van der Waals surface area contributed by atoms with Gasteiger partial charge in [0.15, 0.2) is 6.10 Å². The van der Waals surface area contributed by atoms with Crippen molar-refractivity contribution in [1.29, 1.82) is 0 Å². The van der Waals surface area contributed by atoms with Crippen molar-refractivity contribution in [2.45, 2.75) is 58.0 Å². The minimum absolute atomic E-state index is 0.110. The average molecular weight is 492 g/mol. The Morgan fingerprint density at radius 1 is 1.10 bits per heavy atom. The first-order valence-corrected chi connectivity index (χ1v) is 11.9. The van der Waals surface area contributed by atoms with Gasteiger partial charge >= 0.3 is 0 Å². The third-order valence-electron chi connectivity index (χ3n) is 6.96. The van der Waals surface area contributed by atoms with Crippen LogP contribution in [0, 0.1) is 23.2 Å². The quantitative estimate of drug-likeness (QED) is 0.510. The van der Waals surface area contributed by atoms with E-state index < -0.39 is 12.0 Å². The largest absolute Gasteiger partial charge is 0.481 e. The molecule has 0 aliphatic heterocycles. The summed E-state index contributed by atoms with van der Waals surface area (Å²) in [6.45, 7) is 1.88. The molecule has 168 valence electrons. The monoisotopic (exact) mass is 491 g/mol. The molecule has 4 bridgehead atoms. The zero-order valence-corrected chi connectivity index (χ0v) is 19.4. The summed E-state index contributed by atoms with van der Waals surface area (Å²) in [5.74, 6) is 1.97. The molecule has 4 aliphatic rings. The SMILES string of the molecule is CC(Oc1cccc(Br)c1)C(=O)NNC(=O)CCNC(=O)C12CC3CC(CC(C3)C1)C2. The fourth-order valence-electron chi connectivity index (χ4n) is 5.96. The van der Waals surface area contributed by atoms with Gasteiger partial charge in [0, 0.05) is 22.9 Å². The fraction of sp³-hybridized carbons (Fsp3) is 0.609. The molecule has 3 N–H and O–H groups in total. The van der Waals surface area contributed by atoms with Crippen LogP contribution in [-0.4, -0.2) is 30.4 Å². The first kappa shape index (κ1) is 22.1. The van der Waals surface area contributed by atoms with Gasteiger partial charge in [-0.25, -0.2) is 0 Å². The normalized spacial score (nSPS) is 29.2. The molecule has 1 unspecified atom stereocenters.